The number of hydrogen-bond acceptors (Lipinski definition) is 2. The van der Waals surface area contributed by atoms with E-state index in [2.05, 4.69) is 31.0 Å². The summed E-state index contributed by atoms with van der Waals surface area (Å²) in [7, 11) is 0. The average Bonchev–Trinajstić information content (AvgIpc) is 2.50. The van der Waals surface area contributed by atoms with E-state index in [4.69, 9.17) is 0 Å². The smallest absolute Gasteiger partial charge is 0.0962 e. The molecule has 2 unspecified atom stereocenters. The Balaban J connectivity index is 2.35. The van der Waals surface area contributed by atoms with Crippen LogP contribution in [0.1, 0.15) is 68.5 Å². The topological polar surface area (TPSA) is 33.1 Å². The van der Waals surface area contributed by atoms with Crippen molar-refractivity contribution in [3.8, 4) is 0 Å². The first-order valence-electron chi connectivity index (χ1n) is 6.40. The molecular formula is C14H21NO. The highest BCUT2D eigenvalue weighted by atomic mass is 16.3. The van der Waals surface area contributed by atoms with Crippen molar-refractivity contribution in [1.29, 1.82) is 0 Å². The molecule has 0 bridgehead atoms. The number of rotatable bonds is 2. The normalized spacial score (nSPS) is 22.3. The second-order valence-corrected chi connectivity index (χ2v) is 4.85. The molecule has 2 nitrogen and oxygen atoms in total. The second kappa shape index (κ2) is 4.96. The molecule has 0 saturated carbocycles. The minimum absolute atomic E-state index is 0.346. The van der Waals surface area contributed by atoms with Crippen LogP contribution in [-0.2, 0) is 6.42 Å². The maximum Gasteiger partial charge on any atom is 0.0962 e. The van der Waals surface area contributed by atoms with Crippen LogP contribution in [0.25, 0.3) is 0 Å². The van der Waals surface area contributed by atoms with Crippen molar-refractivity contribution in [2.24, 2.45) is 0 Å². The van der Waals surface area contributed by atoms with Gasteiger partial charge in [0.2, 0.25) is 0 Å². The van der Waals surface area contributed by atoms with Crippen LogP contribution in [0.2, 0.25) is 0 Å². The van der Waals surface area contributed by atoms with Crippen LogP contribution in [0.3, 0.4) is 0 Å². The molecule has 88 valence electrons. The minimum Gasteiger partial charge on any atom is -0.387 e. The van der Waals surface area contributed by atoms with Gasteiger partial charge in [0.1, 0.15) is 0 Å². The molecule has 2 rings (SSSR count). The number of aliphatic hydroxyl groups is 1. The van der Waals surface area contributed by atoms with Crippen LogP contribution in [-0.4, -0.2) is 10.1 Å². The fraction of sp³-hybridized carbons (Fsp3) is 0.643. The molecule has 0 spiro atoms. The Morgan fingerprint density at radius 2 is 2.25 bits per heavy atom. The Morgan fingerprint density at radius 1 is 1.44 bits per heavy atom. The molecule has 1 N–H and O–H groups in total. The number of aryl methyl sites for hydroxylation is 1. The zero-order valence-corrected chi connectivity index (χ0v) is 10.2. The molecule has 1 aromatic rings. The standard InChI is InChI=1S/C14H21NO/c1-3-10(2)12-9-8-11-6-4-5-7-13(16)14(11)15-12/h8-10,13,16H,3-7H2,1-2H3. The van der Waals surface area contributed by atoms with Crippen molar-refractivity contribution in [1.82, 2.24) is 4.98 Å². The highest BCUT2D eigenvalue weighted by Gasteiger charge is 2.19. The summed E-state index contributed by atoms with van der Waals surface area (Å²) in [5, 5.41) is 10.1. The lowest BCUT2D eigenvalue weighted by molar-refractivity contribution is 0.161. The zero-order chi connectivity index (χ0) is 11.5. The van der Waals surface area contributed by atoms with Crippen molar-refractivity contribution in [2.45, 2.75) is 58.0 Å². The molecule has 0 amide bonds. The number of aromatic nitrogens is 1. The van der Waals surface area contributed by atoms with Gasteiger partial charge >= 0.3 is 0 Å². The van der Waals surface area contributed by atoms with Gasteiger partial charge in [-0.3, -0.25) is 4.98 Å². The largest absolute Gasteiger partial charge is 0.387 e. The van der Waals surface area contributed by atoms with Crippen molar-refractivity contribution < 1.29 is 5.11 Å². The summed E-state index contributed by atoms with van der Waals surface area (Å²) in [6.45, 7) is 4.37. The molecule has 0 saturated heterocycles. The summed E-state index contributed by atoms with van der Waals surface area (Å²) in [6.07, 6.45) is 4.97. The quantitative estimate of drug-likeness (QED) is 0.774. The molecule has 0 fully saturated rings. The van der Waals surface area contributed by atoms with Crippen molar-refractivity contribution in [3.63, 3.8) is 0 Å². The van der Waals surface area contributed by atoms with Gasteiger partial charge in [0.25, 0.3) is 0 Å². The van der Waals surface area contributed by atoms with Crippen molar-refractivity contribution in [3.05, 3.63) is 29.1 Å². The molecule has 0 aliphatic heterocycles. The fourth-order valence-electron chi connectivity index (χ4n) is 2.29. The van der Waals surface area contributed by atoms with E-state index in [1.807, 2.05) is 0 Å². The third-order valence-corrected chi connectivity index (χ3v) is 3.64. The van der Waals surface area contributed by atoms with E-state index in [9.17, 15) is 5.11 Å². The van der Waals surface area contributed by atoms with E-state index >= 15 is 0 Å². The average molecular weight is 219 g/mol. The van der Waals surface area contributed by atoms with Gasteiger partial charge in [0.05, 0.1) is 11.8 Å². The molecule has 1 heterocycles. The summed E-state index contributed by atoms with van der Waals surface area (Å²) in [5.41, 5.74) is 3.31. The predicted molar refractivity (Wildman–Crippen MR) is 65.5 cm³/mol. The molecule has 0 aromatic carbocycles. The Kier molecular flexibility index (Phi) is 3.59. The zero-order valence-electron chi connectivity index (χ0n) is 10.2. The molecule has 1 aliphatic rings. The van der Waals surface area contributed by atoms with Gasteiger partial charge in [-0.25, -0.2) is 0 Å². The van der Waals surface area contributed by atoms with E-state index in [1.54, 1.807) is 0 Å². The summed E-state index contributed by atoms with van der Waals surface area (Å²) >= 11 is 0. The number of fused-ring (bicyclic) bond motifs is 1. The van der Waals surface area contributed by atoms with E-state index in [0.29, 0.717) is 5.92 Å². The molecule has 16 heavy (non-hydrogen) atoms. The predicted octanol–water partition coefficient (Wildman–Crippen LogP) is 3.35. The summed E-state index contributed by atoms with van der Waals surface area (Å²) in [5.74, 6) is 0.487. The van der Waals surface area contributed by atoms with Gasteiger partial charge in [-0.15, -0.1) is 0 Å². The van der Waals surface area contributed by atoms with Crippen LogP contribution in [0.5, 0.6) is 0 Å². The molecule has 2 heteroatoms. The van der Waals surface area contributed by atoms with Gasteiger partial charge in [-0.1, -0.05) is 26.3 Å². The molecule has 2 atom stereocenters. The number of hydrogen-bond donors (Lipinski definition) is 1. The monoisotopic (exact) mass is 219 g/mol. The Bertz CT molecular complexity index is 362. The highest BCUT2D eigenvalue weighted by Crippen LogP contribution is 2.29. The molecule has 1 aliphatic carbocycles. The van der Waals surface area contributed by atoms with Gasteiger partial charge in [0.15, 0.2) is 0 Å². The molecule has 1 aromatic heterocycles. The Labute approximate surface area is 97.7 Å². The van der Waals surface area contributed by atoms with E-state index in [1.165, 1.54) is 12.0 Å². The first-order chi connectivity index (χ1) is 7.72. The van der Waals surface area contributed by atoms with Crippen LogP contribution in [0.15, 0.2) is 12.1 Å². The maximum absolute atomic E-state index is 10.1. The first kappa shape index (κ1) is 11.6. The first-order valence-corrected chi connectivity index (χ1v) is 6.40. The van der Waals surface area contributed by atoms with Gasteiger partial charge < -0.3 is 5.11 Å². The maximum atomic E-state index is 10.1. The minimum atomic E-state index is -0.346. The van der Waals surface area contributed by atoms with Crippen molar-refractivity contribution in [2.75, 3.05) is 0 Å². The number of pyridine rings is 1. The van der Waals surface area contributed by atoms with Crippen LogP contribution >= 0.6 is 0 Å². The van der Waals surface area contributed by atoms with Gasteiger partial charge in [-0.05, 0) is 43.2 Å². The third-order valence-electron chi connectivity index (χ3n) is 3.64. The van der Waals surface area contributed by atoms with E-state index in [-0.39, 0.29) is 6.10 Å². The van der Waals surface area contributed by atoms with Crippen LogP contribution in [0, 0.1) is 0 Å². The van der Waals surface area contributed by atoms with Gasteiger partial charge in [-0.2, -0.15) is 0 Å². The molecule has 0 radical (unpaired) electrons. The third kappa shape index (κ3) is 2.27. The molecular weight excluding hydrogens is 198 g/mol. The van der Waals surface area contributed by atoms with E-state index in [0.717, 1.165) is 37.1 Å². The lowest BCUT2D eigenvalue weighted by Crippen LogP contribution is -2.06. The number of aliphatic hydroxyl groups excluding tert-OH is 1. The summed E-state index contributed by atoms with van der Waals surface area (Å²) in [6, 6.07) is 4.30. The van der Waals surface area contributed by atoms with Crippen LogP contribution in [0.4, 0.5) is 0 Å². The van der Waals surface area contributed by atoms with Crippen LogP contribution < -0.4 is 0 Å². The fourth-order valence-corrected chi connectivity index (χ4v) is 2.29. The Morgan fingerprint density at radius 3 is 3.00 bits per heavy atom. The van der Waals surface area contributed by atoms with Crippen molar-refractivity contribution >= 4 is 0 Å². The highest BCUT2D eigenvalue weighted by molar-refractivity contribution is 5.27. The van der Waals surface area contributed by atoms with E-state index < -0.39 is 0 Å². The summed E-state index contributed by atoms with van der Waals surface area (Å²) in [4.78, 5) is 4.68. The lowest BCUT2D eigenvalue weighted by atomic mass is 10.0. The van der Waals surface area contributed by atoms with Gasteiger partial charge in [0, 0.05) is 5.69 Å². The SMILES string of the molecule is CCC(C)c1ccc2c(n1)C(O)CCCC2. The number of nitrogens with zero attached hydrogens (tertiary/aromatic N) is 1. The summed E-state index contributed by atoms with van der Waals surface area (Å²) < 4.78 is 0. The Hall–Kier alpha value is -0.890. The second-order valence-electron chi connectivity index (χ2n) is 4.85. The lowest BCUT2D eigenvalue weighted by Gasteiger charge is -2.15.